The lowest BCUT2D eigenvalue weighted by Gasteiger charge is -2.06. The fraction of sp³-hybridized carbons (Fsp3) is 0.200. The van der Waals surface area contributed by atoms with Crippen molar-refractivity contribution in [2.24, 2.45) is 5.10 Å². The van der Waals surface area contributed by atoms with Gasteiger partial charge in [0.1, 0.15) is 0 Å². The van der Waals surface area contributed by atoms with Gasteiger partial charge in [-0.2, -0.15) is 5.10 Å². The van der Waals surface area contributed by atoms with Crippen molar-refractivity contribution >= 4 is 46.2 Å². The van der Waals surface area contributed by atoms with Gasteiger partial charge in [-0.15, -0.1) is 0 Å². The van der Waals surface area contributed by atoms with Crippen LogP contribution in [0.2, 0.25) is 10.0 Å². The lowest BCUT2D eigenvalue weighted by atomic mass is 10.1. The van der Waals surface area contributed by atoms with Crippen molar-refractivity contribution in [3.63, 3.8) is 0 Å². The maximum Gasteiger partial charge on any atom is 0.186 e. The third-order valence-electron chi connectivity index (χ3n) is 1.87. The maximum atomic E-state index is 6.02. The Morgan fingerprint density at radius 3 is 2.69 bits per heavy atom. The molecule has 0 fully saturated rings. The van der Waals surface area contributed by atoms with Crippen molar-refractivity contribution in [2.75, 3.05) is 7.05 Å². The Morgan fingerprint density at radius 2 is 2.06 bits per heavy atom. The highest BCUT2D eigenvalue weighted by Crippen LogP contribution is 2.21. The summed E-state index contributed by atoms with van der Waals surface area (Å²) in [7, 11) is 1.71. The van der Waals surface area contributed by atoms with Crippen LogP contribution in [0, 0.1) is 0 Å². The molecule has 0 bridgehead atoms. The number of nitrogens with one attached hydrogen (secondary N) is 2. The van der Waals surface area contributed by atoms with E-state index in [0.717, 1.165) is 5.56 Å². The van der Waals surface area contributed by atoms with Crippen LogP contribution in [0.3, 0.4) is 0 Å². The highest BCUT2D eigenvalue weighted by atomic mass is 35.5. The molecule has 0 aromatic heterocycles. The summed E-state index contributed by atoms with van der Waals surface area (Å²) >= 11 is 16.8. The first-order valence-corrected chi connectivity index (χ1v) is 5.68. The van der Waals surface area contributed by atoms with Gasteiger partial charge in [-0.05, 0) is 37.3 Å². The number of halogens is 2. The van der Waals surface area contributed by atoms with Gasteiger partial charge in [-0.3, -0.25) is 5.43 Å². The molecule has 16 heavy (non-hydrogen) atoms. The fourth-order valence-corrected chi connectivity index (χ4v) is 1.50. The van der Waals surface area contributed by atoms with E-state index in [-0.39, 0.29) is 0 Å². The largest absolute Gasteiger partial charge is 0.364 e. The summed E-state index contributed by atoms with van der Waals surface area (Å²) in [6.45, 7) is 1.82. The molecular formula is C10H11Cl2N3S. The number of hydrogen-bond acceptors (Lipinski definition) is 2. The molecule has 1 aromatic rings. The Bertz CT molecular complexity index is 432. The number of hydrogen-bond donors (Lipinski definition) is 2. The predicted molar refractivity (Wildman–Crippen MR) is 73.5 cm³/mol. The second kappa shape index (κ2) is 6.03. The quantitative estimate of drug-likeness (QED) is 0.495. The van der Waals surface area contributed by atoms with Gasteiger partial charge in [0.2, 0.25) is 0 Å². The van der Waals surface area contributed by atoms with Crippen LogP contribution in [0.25, 0.3) is 0 Å². The van der Waals surface area contributed by atoms with E-state index in [1.807, 2.05) is 6.92 Å². The maximum absolute atomic E-state index is 6.02. The molecule has 1 aromatic carbocycles. The van der Waals surface area contributed by atoms with Crippen molar-refractivity contribution in [3.8, 4) is 0 Å². The van der Waals surface area contributed by atoms with E-state index < -0.39 is 0 Å². The second-order valence-electron chi connectivity index (χ2n) is 3.01. The summed E-state index contributed by atoms with van der Waals surface area (Å²) < 4.78 is 0. The zero-order chi connectivity index (χ0) is 12.1. The standard InChI is InChI=1S/C10H11Cl2N3S/c1-6(14-15-10(16)13-2)8-5-7(11)3-4-9(8)12/h3-5H,1-2H3,(H2,13,15,16)/b14-6-. The van der Waals surface area contributed by atoms with Crippen LogP contribution in [0.1, 0.15) is 12.5 Å². The summed E-state index contributed by atoms with van der Waals surface area (Å²) in [5.41, 5.74) is 4.18. The van der Waals surface area contributed by atoms with Gasteiger partial charge >= 0.3 is 0 Å². The second-order valence-corrected chi connectivity index (χ2v) is 4.26. The number of benzene rings is 1. The first-order chi connectivity index (χ1) is 7.54. The number of thiocarbonyl (C=S) groups is 1. The van der Waals surface area contributed by atoms with Gasteiger partial charge in [0.05, 0.1) is 5.71 Å². The van der Waals surface area contributed by atoms with Crippen molar-refractivity contribution in [1.82, 2.24) is 10.7 Å². The molecule has 1 rings (SSSR count). The zero-order valence-electron chi connectivity index (χ0n) is 8.84. The minimum Gasteiger partial charge on any atom is -0.364 e. The van der Waals surface area contributed by atoms with Crippen LogP contribution in [0.15, 0.2) is 23.3 Å². The Labute approximate surface area is 110 Å². The Morgan fingerprint density at radius 1 is 1.38 bits per heavy atom. The molecule has 0 unspecified atom stereocenters. The monoisotopic (exact) mass is 275 g/mol. The summed E-state index contributed by atoms with van der Waals surface area (Å²) in [6.07, 6.45) is 0. The van der Waals surface area contributed by atoms with Crippen LogP contribution in [-0.2, 0) is 0 Å². The van der Waals surface area contributed by atoms with Gasteiger partial charge in [-0.25, -0.2) is 0 Å². The highest BCUT2D eigenvalue weighted by molar-refractivity contribution is 7.80. The third-order valence-corrected chi connectivity index (χ3v) is 2.73. The minimum atomic E-state index is 0.442. The molecule has 0 atom stereocenters. The van der Waals surface area contributed by atoms with E-state index in [2.05, 4.69) is 15.8 Å². The Kier molecular flexibility index (Phi) is 4.99. The van der Waals surface area contributed by atoms with Crippen molar-refractivity contribution in [2.45, 2.75) is 6.92 Å². The van der Waals surface area contributed by atoms with Crippen molar-refractivity contribution < 1.29 is 0 Å². The molecule has 0 amide bonds. The Hall–Kier alpha value is -0.840. The fourth-order valence-electron chi connectivity index (χ4n) is 1.03. The van der Waals surface area contributed by atoms with E-state index in [1.165, 1.54) is 0 Å². The minimum absolute atomic E-state index is 0.442. The summed E-state index contributed by atoms with van der Waals surface area (Å²) in [4.78, 5) is 0. The van der Waals surface area contributed by atoms with Gasteiger partial charge in [0, 0.05) is 22.7 Å². The molecule has 86 valence electrons. The van der Waals surface area contributed by atoms with Gasteiger partial charge in [0.25, 0.3) is 0 Å². The first-order valence-electron chi connectivity index (χ1n) is 4.52. The van der Waals surface area contributed by atoms with E-state index in [0.29, 0.717) is 20.9 Å². The molecule has 0 aliphatic rings. The van der Waals surface area contributed by atoms with E-state index in [1.54, 1.807) is 25.2 Å². The third kappa shape index (κ3) is 3.63. The number of nitrogens with zero attached hydrogens (tertiary/aromatic N) is 1. The van der Waals surface area contributed by atoms with Gasteiger partial charge in [0.15, 0.2) is 5.11 Å². The number of rotatable bonds is 2. The van der Waals surface area contributed by atoms with Crippen LogP contribution >= 0.6 is 35.4 Å². The van der Waals surface area contributed by atoms with Crippen LogP contribution in [0.5, 0.6) is 0 Å². The summed E-state index contributed by atoms with van der Waals surface area (Å²) in [5, 5.41) is 8.50. The molecule has 2 N–H and O–H groups in total. The molecule has 0 saturated heterocycles. The van der Waals surface area contributed by atoms with Crippen LogP contribution in [-0.4, -0.2) is 17.9 Å². The summed E-state index contributed by atoms with van der Waals surface area (Å²) in [6, 6.07) is 5.22. The molecule has 3 nitrogen and oxygen atoms in total. The lowest BCUT2D eigenvalue weighted by Crippen LogP contribution is -2.29. The van der Waals surface area contributed by atoms with Crippen molar-refractivity contribution in [1.29, 1.82) is 0 Å². The molecule has 6 heteroatoms. The smallest absolute Gasteiger partial charge is 0.186 e. The topological polar surface area (TPSA) is 36.4 Å². The molecule has 0 saturated carbocycles. The average Bonchev–Trinajstić information content (AvgIpc) is 2.28. The normalized spacial score (nSPS) is 11.1. The van der Waals surface area contributed by atoms with E-state index in [4.69, 9.17) is 35.4 Å². The van der Waals surface area contributed by atoms with E-state index in [9.17, 15) is 0 Å². The predicted octanol–water partition coefficient (Wildman–Crippen LogP) is 2.81. The van der Waals surface area contributed by atoms with Gasteiger partial charge in [-0.1, -0.05) is 23.2 Å². The molecule has 0 aliphatic heterocycles. The van der Waals surface area contributed by atoms with Crippen molar-refractivity contribution in [3.05, 3.63) is 33.8 Å². The van der Waals surface area contributed by atoms with Crippen LogP contribution < -0.4 is 10.7 Å². The zero-order valence-corrected chi connectivity index (χ0v) is 11.2. The highest BCUT2D eigenvalue weighted by Gasteiger charge is 2.04. The number of hydrazone groups is 1. The molecule has 0 aliphatic carbocycles. The molecule has 0 spiro atoms. The average molecular weight is 276 g/mol. The SMILES string of the molecule is CNC(=S)N/N=C(/C)c1cc(Cl)ccc1Cl. The molecular weight excluding hydrogens is 265 g/mol. The lowest BCUT2D eigenvalue weighted by molar-refractivity contribution is 0.974. The van der Waals surface area contributed by atoms with E-state index >= 15 is 0 Å². The van der Waals surface area contributed by atoms with Crippen LogP contribution in [0.4, 0.5) is 0 Å². The van der Waals surface area contributed by atoms with Gasteiger partial charge < -0.3 is 5.32 Å². The first kappa shape index (κ1) is 13.2. The molecule has 0 radical (unpaired) electrons. The Balaban J connectivity index is 2.91. The summed E-state index contributed by atoms with van der Waals surface area (Å²) in [5.74, 6) is 0. The molecule has 0 heterocycles.